The Bertz CT molecular complexity index is 804. The van der Waals surface area contributed by atoms with Crippen molar-refractivity contribution in [1.82, 2.24) is 14.9 Å². The molecule has 2 fully saturated rings. The lowest BCUT2D eigenvalue weighted by atomic mass is 9.61. The summed E-state index contributed by atoms with van der Waals surface area (Å²) in [6.07, 6.45) is 3.97. The van der Waals surface area contributed by atoms with Gasteiger partial charge in [0.1, 0.15) is 5.52 Å². The highest BCUT2D eigenvalue weighted by Crippen LogP contribution is 2.47. The minimum atomic E-state index is -0.0986. The first-order valence-corrected chi connectivity index (χ1v) is 7.96. The first-order valence-electron chi connectivity index (χ1n) is 7.58. The fraction of sp³-hybridized carbons (Fsp3) is 0.500. The average molecular weight is 319 g/mol. The lowest BCUT2D eigenvalue weighted by Crippen LogP contribution is -2.64. The van der Waals surface area contributed by atoms with E-state index in [0.29, 0.717) is 27.4 Å². The van der Waals surface area contributed by atoms with Crippen LogP contribution in [0.4, 0.5) is 5.69 Å². The van der Waals surface area contributed by atoms with Crippen molar-refractivity contribution in [2.45, 2.75) is 18.9 Å². The lowest BCUT2D eigenvalue weighted by molar-refractivity contribution is 0.0374. The molecule has 2 aromatic rings. The van der Waals surface area contributed by atoms with Crippen LogP contribution in [0, 0.1) is 5.41 Å². The predicted molar refractivity (Wildman–Crippen MR) is 88.7 cm³/mol. The second kappa shape index (κ2) is 4.70. The van der Waals surface area contributed by atoms with Crippen molar-refractivity contribution in [1.29, 1.82) is 0 Å². The molecule has 0 amide bonds. The number of benzene rings is 1. The van der Waals surface area contributed by atoms with Crippen LogP contribution < -0.4 is 15.8 Å². The summed E-state index contributed by atoms with van der Waals surface area (Å²) in [5.41, 5.74) is 2.11. The average Bonchev–Trinajstić information content (AvgIpc) is 2.39. The Balaban J connectivity index is 1.74. The molecule has 1 N–H and O–H groups in total. The van der Waals surface area contributed by atoms with E-state index in [1.807, 2.05) is 6.07 Å². The Morgan fingerprint density at radius 3 is 2.77 bits per heavy atom. The minimum absolute atomic E-state index is 0.0986. The molecule has 1 aromatic carbocycles. The summed E-state index contributed by atoms with van der Waals surface area (Å²) in [4.78, 5) is 19.1. The van der Waals surface area contributed by atoms with Crippen LogP contribution in [-0.2, 0) is 7.05 Å². The van der Waals surface area contributed by atoms with Crippen molar-refractivity contribution < 1.29 is 0 Å². The third-order valence-corrected chi connectivity index (χ3v) is 5.58. The van der Waals surface area contributed by atoms with Crippen LogP contribution in [0.2, 0.25) is 5.02 Å². The maximum atomic E-state index is 12.3. The van der Waals surface area contributed by atoms with Gasteiger partial charge in [0.25, 0.3) is 5.56 Å². The first-order chi connectivity index (χ1) is 10.5. The van der Waals surface area contributed by atoms with Crippen LogP contribution in [0.3, 0.4) is 0 Å². The second-order valence-corrected chi connectivity index (χ2v) is 7.13. The van der Waals surface area contributed by atoms with Crippen LogP contribution >= 0.6 is 11.6 Å². The van der Waals surface area contributed by atoms with Gasteiger partial charge in [-0.2, -0.15) is 0 Å². The number of anilines is 1. The van der Waals surface area contributed by atoms with Crippen molar-refractivity contribution in [2.75, 3.05) is 25.0 Å². The molecule has 5 nitrogen and oxygen atoms in total. The van der Waals surface area contributed by atoms with Crippen LogP contribution in [0.1, 0.15) is 12.8 Å². The molecule has 0 bridgehead atoms. The van der Waals surface area contributed by atoms with Crippen molar-refractivity contribution >= 4 is 28.2 Å². The van der Waals surface area contributed by atoms with E-state index in [9.17, 15) is 4.79 Å². The molecule has 0 atom stereocenters. The van der Waals surface area contributed by atoms with Crippen LogP contribution in [-0.4, -0.2) is 35.7 Å². The topological polar surface area (TPSA) is 50.2 Å². The minimum Gasteiger partial charge on any atom is -0.370 e. The highest BCUT2D eigenvalue weighted by molar-refractivity contribution is 6.35. The van der Waals surface area contributed by atoms with E-state index in [0.717, 1.165) is 18.8 Å². The molecule has 22 heavy (non-hydrogen) atoms. The summed E-state index contributed by atoms with van der Waals surface area (Å²) >= 11 is 6.24. The van der Waals surface area contributed by atoms with Crippen molar-refractivity contribution in [3.63, 3.8) is 0 Å². The maximum Gasteiger partial charge on any atom is 0.262 e. The van der Waals surface area contributed by atoms with Gasteiger partial charge < -0.3 is 14.8 Å². The molecular formula is C16H19ClN4O. The first kappa shape index (κ1) is 14.0. The largest absolute Gasteiger partial charge is 0.370 e. The number of nitrogens with zero attached hydrogens (tertiary/aromatic N) is 3. The Hall–Kier alpha value is -1.59. The Kier molecular flexibility index (Phi) is 3.00. The van der Waals surface area contributed by atoms with Gasteiger partial charge in [0.15, 0.2) is 0 Å². The van der Waals surface area contributed by atoms with Crippen LogP contribution in [0.5, 0.6) is 0 Å². The summed E-state index contributed by atoms with van der Waals surface area (Å²) in [6.45, 7) is 2.27. The summed E-state index contributed by atoms with van der Waals surface area (Å²) in [5, 5.41) is 4.34. The molecule has 2 aliphatic rings. The maximum absolute atomic E-state index is 12.3. The number of halogens is 1. The zero-order valence-electron chi connectivity index (χ0n) is 12.8. The molecule has 0 radical (unpaired) electrons. The van der Waals surface area contributed by atoms with Gasteiger partial charge in [0.05, 0.1) is 22.4 Å². The number of aryl methyl sites for hydroxylation is 1. The van der Waals surface area contributed by atoms with Crippen molar-refractivity contribution in [2.24, 2.45) is 12.5 Å². The Morgan fingerprint density at radius 1 is 1.41 bits per heavy atom. The predicted octanol–water partition coefficient (Wildman–Crippen LogP) is 1.78. The third kappa shape index (κ3) is 1.88. The Morgan fingerprint density at radius 2 is 2.14 bits per heavy atom. The summed E-state index contributed by atoms with van der Waals surface area (Å²) in [6, 6.07) is 4.29. The quantitative estimate of drug-likeness (QED) is 0.917. The van der Waals surface area contributed by atoms with Gasteiger partial charge in [-0.15, -0.1) is 0 Å². The summed E-state index contributed by atoms with van der Waals surface area (Å²) < 4.78 is 1.47. The van der Waals surface area contributed by atoms with E-state index in [4.69, 9.17) is 11.6 Å². The van der Waals surface area contributed by atoms with Gasteiger partial charge in [-0.3, -0.25) is 4.79 Å². The highest BCUT2D eigenvalue weighted by atomic mass is 35.5. The molecule has 6 heteroatoms. The van der Waals surface area contributed by atoms with E-state index in [1.54, 1.807) is 19.4 Å². The monoisotopic (exact) mass is 318 g/mol. The summed E-state index contributed by atoms with van der Waals surface area (Å²) in [7, 11) is 3.78. The second-order valence-electron chi connectivity index (χ2n) is 6.73. The number of hydrogen-bond donors (Lipinski definition) is 1. The van der Waals surface area contributed by atoms with Gasteiger partial charge >= 0.3 is 0 Å². The number of fused-ring (bicyclic) bond motifs is 1. The lowest BCUT2D eigenvalue weighted by Gasteiger charge is -2.57. The number of hydrogen-bond acceptors (Lipinski definition) is 4. The zero-order chi connectivity index (χ0) is 15.5. The van der Waals surface area contributed by atoms with Crippen LogP contribution in [0.25, 0.3) is 10.9 Å². The van der Waals surface area contributed by atoms with Crippen molar-refractivity contribution in [3.05, 3.63) is 33.8 Å². The molecule has 2 heterocycles. The molecule has 1 saturated carbocycles. The molecule has 1 saturated heterocycles. The van der Waals surface area contributed by atoms with E-state index in [-0.39, 0.29) is 5.56 Å². The van der Waals surface area contributed by atoms with Gasteiger partial charge in [-0.05, 0) is 30.4 Å². The van der Waals surface area contributed by atoms with E-state index >= 15 is 0 Å². The summed E-state index contributed by atoms with van der Waals surface area (Å²) in [5.74, 6) is 0. The molecule has 4 rings (SSSR count). The number of aromatic nitrogens is 2. The van der Waals surface area contributed by atoms with Gasteiger partial charge in [-0.1, -0.05) is 11.6 Å². The molecule has 0 unspecified atom stereocenters. The van der Waals surface area contributed by atoms with Gasteiger partial charge in [0.2, 0.25) is 0 Å². The fourth-order valence-corrected chi connectivity index (χ4v) is 3.96. The molecule has 1 spiro atoms. The molecule has 116 valence electrons. The number of nitrogens with one attached hydrogen (secondary N) is 1. The fourth-order valence-electron chi connectivity index (χ4n) is 3.73. The normalized spacial score (nSPS) is 20.0. The third-order valence-electron chi connectivity index (χ3n) is 5.27. The van der Waals surface area contributed by atoms with Gasteiger partial charge in [-0.25, -0.2) is 4.98 Å². The molecule has 1 aliphatic heterocycles. The van der Waals surface area contributed by atoms with E-state index < -0.39 is 0 Å². The standard InChI is InChI=1S/C16H19ClN4O/c1-20-9-19-14-12(4-3-11(17)13(14)15(20)22)21(2)10-5-16(6-10)7-18-8-16/h3-4,9-10,18H,5-8H2,1-2H3. The van der Waals surface area contributed by atoms with Crippen LogP contribution in [0.15, 0.2) is 23.3 Å². The SMILES string of the molecule is CN(c1ccc(Cl)c2c(=O)n(C)cnc12)C1CC2(CNC2)C1. The highest BCUT2D eigenvalue weighted by Gasteiger charge is 2.49. The smallest absolute Gasteiger partial charge is 0.262 e. The number of rotatable bonds is 2. The molecular weight excluding hydrogens is 300 g/mol. The molecule has 1 aromatic heterocycles. The van der Waals surface area contributed by atoms with E-state index in [1.165, 1.54) is 17.4 Å². The Labute approximate surface area is 133 Å². The zero-order valence-corrected chi connectivity index (χ0v) is 13.5. The van der Waals surface area contributed by atoms with Crippen molar-refractivity contribution in [3.8, 4) is 0 Å². The van der Waals surface area contributed by atoms with Gasteiger partial charge in [0, 0.05) is 33.2 Å². The molecule has 1 aliphatic carbocycles. The van der Waals surface area contributed by atoms with E-state index in [2.05, 4.69) is 22.2 Å².